The molecule has 1 N–H and O–H groups in total. The van der Waals surface area contributed by atoms with Gasteiger partial charge < -0.3 is 10.0 Å². The molecule has 0 aliphatic heterocycles. The fraction of sp³-hybridized carbons (Fsp3) is 0.786. The van der Waals surface area contributed by atoms with Gasteiger partial charge in [0.15, 0.2) is 0 Å². The van der Waals surface area contributed by atoms with E-state index in [0.29, 0.717) is 6.04 Å². The van der Waals surface area contributed by atoms with Crippen LogP contribution < -0.4 is 0 Å². The minimum atomic E-state index is -0.695. The van der Waals surface area contributed by atoms with Crippen LogP contribution in [0.2, 0.25) is 0 Å². The summed E-state index contributed by atoms with van der Waals surface area (Å²) in [5.74, 6) is -0.695. The molecule has 0 aromatic rings. The van der Waals surface area contributed by atoms with Gasteiger partial charge in [0.1, 0.15) is 0 Å². The van der Waals surface area contributed by atoms with Gasteiger partial charge in [-0.15, -0.1) is 6.58 Å². The monoisotopic (exact) mass is 241 g/mol. The van der Waals surface area contributed by atoms with E-state index in [1.807, 2.05) is 6.08 Å². The number of rotatable bonds is 11. The van der Waals surface area contributed by atoms with Crippen LogP contribution in [0.25, 0.3) is 0 Å². The molecule has 0 unspecified atom stereocenters. The van der Waals surface area contributed by atoms with Gasteiger partial charge in [0.2, 0.25) is 0 Å². The van der Waals surface area contributed by atoms with Gasteiger partial charge in [-0.3, -0.25) is 4.79 Å². The third-order valence-electron chi connectivity index (χ3n) is 2.92. The summed E-state index contributed by atoms with van der Waals surface area (Å²) in [6.07, 6.45) is 7.73. The lowest BCUT2D eigenvalue weighted by molar-refractivity contribution is -0.137. The van der Waals surface area contributed by atoms with E-state index in [-0.39, 0.29) is 6.42 Å². The maximum atomic E-state index is 10.5. The van der Waals surface area contributed by atoms with E-state index < -0.39 is 5.97 Å². The smallest absolute Gasteiger partial charge is 0.303 e. The summed E-state index contributed by atoms with van der Waals surface area (Å²) in [5.41, 5.74) is 0. The Morgan fingerprint density at radius 3 is 2.41 bits per heavy atom. The average molecular weight is 241 g/mol. The molecule has 0 atom stereocenters. The summed E-state index contributed by atoms with van der Waals surface area (Å²) in [4.78, 5) is 12.8. The normalized spacial score (nSPS) is 11.1. The minimum absolute atomic E-state index is 0.277. The third kappa shape index (κ3) is 10.1. The molecule has 0 radical (unpaired) electrons. The molecule has 0 saturated heterocycles. The first-order valence-corrected chi connectivity index (χ1v) is 6.64. The van der Waals surface area contributed by atoms with E-state index >= 15 is 0 Å². The first-order valence-electron chi connectivity index (χ1n) is 6.64. The quantitative estimate of drug-likeness (QED) is 0.445. The molecule has 0 fully saturated rings. The van der Waals surface area contributed by atoms with Crippen molar-refractivity contribution in [1.82, 2.24) is 4.90 Å². The van der Waals surface area contributed by atoms with E-state index in [1.165, 1.54) is 19.3 Å². The number of hydrogen-bond acceptors (Lipinski definition) is 2. The Morgan fingerprint density at radius 1 is 1.24 bits per heavy atom. The zero-order chi connectivity index (χ0) is 13.1. The predicted molar refractivity (Wildman–Crippen MR) is 72.2 cm³/mol. The van der Waals surface area contributed by atoms with Gasteiger partial charge in [-0.05, 0) is 52.6 Å². The van der Waals surface area contributed by atoms with Gasteiger partial charge in [-0.1, -0.05) is 12.5 Å². The molecule has 0 bridgehead atoms. The molecule has 0 heterocycles. The fourth-order valence-corrected chi connectivity index (χ4v) is 1.84. The van der Waals surface area contributed by atoms with Crippen molar-refractivity contribution in [1.29, 1.82) is 0 Å². The lowest BCUT2D eigenvalue weighted by Crippen LogP contribution is -2.33. The van der Waals surface area contributed by atoms with Crippen LogP contribution in [0, 0.1) is 0 Å². The lowest BCUT2D eigenvalue weighted by atomic mass is 10.1. The van der Waals surface area contributed by atoms with Gasteiger partial charge in [-0.2, -0.15) is 0 Å². The largest absolute Gasteiger partial charge is 0.481 e. The number of carboxylic acids is 1. The van der Waals surface area contributed by atoms with Gasteiger partial charge in [-0.25, -0.2) is 0 Å². The fourth-order valence-electron chi connectivity index (χ4n) is 1.84. The maximum Gasteiger partial charge on any atom is 0.303 e. The number of aliphatic carboxylic acids is 1. The number of carboxylic acid groups (broad SMARTS) is 1. The number of carbonyl (C=O) groups is 1. The molecular weight excluding hydrogens is 214 g/mol. The second-order valence-electron chi connectivity index (χ2n) is 4.77. The summed E-state index contributed by atoms with van der Waals surface area (Å²) in [5, 5.41) is 8.61. The highest BCUT2D eigenvalue weighted by molar-refractivity contribution is 5.66. The molecule has 100 valence electrons. The highest BCUT2D eigenvalue weighted by atomic mass is 16.4. The van der Waals surface area contributed by atoms with Crippen molar-refractivity contribution >= 4 is 5.97 Å². The summed E-state index contributed by atoms with van der Waals surface area (Å²) >= 11 is 0. The highest BCUT2D eigenvalue weighted by Gasteiger charge is 2.09. The molecule has 3 nitrogen and oxygen atoms in total. The van der Waals surface area contributed by atoms with Gasteiger partial charge >= 0.3 is 5.97 Å². The molecule has 0 amide bonds. The van der Waals surface area contributed by atoms with Gasteiger partial charge in [0.25, 0.3) is 0 Å². The molecule has 0 spiro atoms. The minimum Gasteiger partial charge on any atom is -0.481 e. The topological polar surface area (TPSA) is 40.5 Å². The summed E-state index contributed by atoms with van der Waals surface area (Å²) in [6.45, 7) is 10.0. The first kappa shape index (κ1) is 16.2. The van der Waals surface area contributed by atoms with Crippen LogP contribution in [0.15, 0.2) is 12.7 Å². The van der Waals surface area contributed by atoms with Crippen LogP contribution in [0.5, 0.6) is 0 Å². The predicted octanol–water partition coefficient (Wildman–Crippen LogP) is 3.31. The zero-order valence-electron chi connectivity index (χ0n) is 11.3. The van der Waals surface area contributed by atoms with Crippen molar-refractivity contribution < 1.29 is 9.90 Å². The summed E-state index contributed by atoms with van der Waals surface area (Å²) < 4.78 is 0. The molecule has 0 aromatic heterocycles. The Bertz CT molecular complexity index is 214. The third-order valence-corrected chi connectivity index (χ3v) is 2.92. The second-order valence-corrected chi connectivity index (χ2v) is 4.77. The number of unbranched alkanes of at least 4 members (excludes halogenated alkanes) is 3. The highest BCUT2D eigenvalue weighted by Crippen LogP contribution is 2.07. The van der Waals surface area contributed by atoms with Crippen molar-refractivity contribution in [2.24, 2.45) is 0 Å². The number of nitrogens with zero attached hydrogens (tertiary/aromatic N) is 1. The Labute approximate surface area is 106 Å². The van der Waals surface area contributed by atoms with E-state index in [0.717, 1.165) is 25.9 Å². The molecule has 0 aliphatic rings. The maximum absolute atomic E-state index is 10.5. The average Bonchev–Trinajstić information content (AvgIpc) is 2.25. The Kier molecular flexibility index (Phi) is 9.83. The molecule has 17 heavy (non-hydrogen) atoms. The Morgan fingerprint density at radius 2 is 1.88 bits per heavy atom. The van der Waals surface area contributed by atoms with Crippen molar-refractivity contribution in [2.45, 2.75) is 58.4 Å². The number of allylic oxidation sites excluding steroid dienone is 1. The van der Waals surface area contributed by atoms with Crippen molar-refractivity contribution in [3.05, 3.63) is 12.7 Å². The van der Waals surface area contributed by atoms with E-state index in [1.54, 1.807) is 0 Å². The summed E-state index contributed by atoms with van der Waals surface area (Å²) in [7, 11) is 0. The van der Waals surface area contributed by atoms with Crippen molar-refractivity contribution in [2.75, 3.05) is 13.1 Å². The van der Waals surface area contributed by atoms with E-state index in [2.05, 4.69) is 25.3 Å². The van der Waals surface area contributed by atoms with Crippen LogP contribution >= 0.6 is 0 Å². The molecule has 0 aliphatic carbocycles. The Balaban J connectivity index is 3.67. The molecule has 0 aromatic carbocycles. The molecule has 0 rings (SSSR count). The van der Waals surface area contributed by atoms with Gasteiger partial charge in [0, 0.05) is 12.5 Å². The summed E-state index contributed by atoms with van der Waals surface area (Å²) in [6, 6.07) is 0.503. The van der Waals surface area contributed by atoms with Crippen molar-refractivity contribution in [3.63, 3.8) is 0 Å². The zero-order valence-corrected chi connectivity index (χ0v) is 11.3. The van der Waals surface area contributed by atoms with Crippen molar-refractivity contribution in [3.8, 4) is 0 Å². The van der Waals surface area contributed by atoms with Crippen LogP contribution in [0.1, 0.15) is 52.4 Å². The van der Waals surface area contributed by atoms with Crippen LogP contribution in [0.3, 0.4) is 0 Å². The van der Waals surface area contributed by atoms with Crippen LogP contribution in [-0.4, -0.2) is 35.1 Å². The molecule has 0 saturated carbocycles. The first-order chi connectivity index (χ1) is 8.07. The lowest BCUT2D eigenvalue weighted by Gasteiger charge is -2.26. The molecule has 3 heteroatoms. The second kappa shape index (κ2) is 10.3. The van der Waals surface area contributed by atoms with Gasteiger partial charge in [0.05, 0.1) is 0 Å². The van der Waals surface area contributed by atoms with Crippen LogP contribution in [0.4, 0.5) is 0 Å². The van der Waals surface area contributed by atoms with E-state index in [4.69, 9.17) is 5.11 Å². The Hall–Kier alpha value is -0.830. The van der Waals surface area contributed by atoms with Crippen LogP contribution in [-0.2, 0) is 4.79 Å². The standard InChI is InChI=1S/C14H27NO2/c1-4-5-6-7-8-11-15(13(2)3)12-9-10-14(16)17/h4,13H,1,5-12H2,2-3H3,(H,16,17). The SMILES string of the molecule is C=CCCCCCN(CCCC(=O)O)C(C)C. The molecular formula is C14H27NO2. The van der Waals surface area contributed by atoms with E-state index in [9.17, 15) is 4.79 Å². The number of hydrogen-bond donors (Lipinski definition) is 1.